The topological polar surface area (TPSA) is 17.1 Å². The van der Waals surface area contributed by atoms with E-state index >= 15 is 0 Å². The summed E-state index contributed by atoms with van der Waals surface area (Å²) in [6.07, 6.45) is 9.02. The second-order valence-corrected chi connectivity index (χ2v) is 9.10. The molecule has 0 amide bonds. The van der Waals surface area contributed by atoms with Gasteiger partial charge in [0.1, 0.15) is 0 Å². The molecule has 1 unspecified atom stereocenters. The molecule has 0 spiro atoms. The van der Waals surface area contributed by atoms with E-state index in [1.54, 1.807) is 0 Å². The summed E-state index contributed by atoms with van der Waals surface area (Å²) in [4.78, 5) is 12.3. The van der Waals surface area contributed by atoms with Crippen LogP contribution >= 0.6 is 0 Å². The number of ketones is 1. The molecule has 3 heteroatoms. The van der Waals surface area contributed by atoms with Gasteiger partial charge in [0.05, 0.1) is 0 Å². The minimum atomic E-state index is -3.07. The van der Waals surface area contributed by atoms with E-state index in [0.717, 1.165) is 18.8 Å². The van der Waals surface area contributed by atoms with Crippen molar-refractivity contribution in [3.63, 3.8) is 0 Å². The number of alkyl halides is 2. The lowest BCUT2D eigenvalue weighted by Crippen LogP contribution is -2.52. The lowest BCUT2D eigenvalue weighted by atomic mass is 9.45. The number of Topliss-reactive ketones (excluding diaryl/α,β-unsaturated/α-hetero) is 1. The average molecular weight is 310 g/mol. The Hall–Kier alpha value is -0.470. The molecule has 0 aliphatic heterocycles. The predicted molar refractivity (Wildman–Crippen MR) is 81.7 cm³/mol. The molecule has 4 saturated carbocycles. The summed E-state index contributed by atoms with van der Waals surface area (Å²) in [6.45, 7) is 4.28. The molecule has 0 radical (unpaired) electrons. The van der Waals surface area contributed by atoms with Gasteiger partial charge in [0, 0.05) is 11.8 Å². The van der Waals surface area contributed by atoms with Crippen molar-refractivity contribution in [1.29, 1.82) is 0 Å². The molecule has 0 aromatic heterocycles. The van der Waals surface area contributed by atoms with Gasteiger partial charge < -0.3 is 0 Å². The van der Waals surface area contributed by atoms with Gasteiger partial charge in [0.15, 0.2) is 0 Å². The van der Waals surface area contributed by atoms with E-state index in [-0.39, 0.29) is 12.3 Å². The van der Waals surface area contributed by atoms with Crippen LogP contribution < -0.4 is 0 Å². The molecule has 0 heterocycles. The van der Waals surface area contributed by atoms with Crippen molar-refractivity contribution < 1.29 is 13.6 Å². The van der Waals surface area contributed by atoms with Crippen LogP contribution in [-0.4, -0.2) is 11.7 Å². The molecule has 4 fully saturated rings. The average Bonchev–Trinajstić information content (AvgIpc) is 2.66. The lowest BCUT2D eigenvalue weighted by molar-refractivity contribution is -0.149. The largest absolute Gasteiger partial charge is 0.306 e. The fourth-order valence-corrected chi connectivity index (χ4v) is 7.06. The van der Waals surface area contributed by atoms with E-state index in [0.29, 0.717) is 23.7 Å². The maximum Gasteiger partial charge on any atom is 0.306 e. The van der Waals surface area contributed by atoms with E-state index in [2.05, 4.69) is 6.92 Å². The fourth-order valence-electron chi connectivity index (χ4n) is 7.06. The third-order valence-corrected chi connectivity index (χ3v) is 8.30. The van der Waals surface area contributed by atoms with Gasteiger partial charge in [-0.05, 0) is 67.6 Å². The first-order valence-corrected chi connectivity index (χ1v) is 9.22. The zero-order valence-electron chi connectivity index (χ0n) is 13.8. The first kappa shape index (κ1) is 15.1. The molecular weight excluding hydrogens is 282 g/mol. The first-order valence-electron chi connectivity index (χ1n) is 9.22. The Labute approximate surface area is 132 Å². The summed E-state index contributed by atoms with van der Waals surface area (Å²) in [5, 5.41) is 0. The van der Waals surface area contributed by atoms with Gasteiger partial charge in [0.2, 0.25) is 5.78 Å². The lowest BCUT2D eigenvalue weighted by Gasteiger charge is -2.59. The highest BCUT2D eigenvalue weighted by Crippen LogP contribution is 2.67. The molecule has 124 valence electrons. The Morgan fingerprint density at radius 1 is 0.955 bits per heavy atom. The van der Waals surface area contributed by atoms with Gasteiger partial charge in [-0.3, -0.25) is 4.79 Å². The van der Waals surface area contributed by atoms with Gasteiger partial charge in [-0.1, -0.05) is 26.7 Å². The van der Waals surface area contributed by atoms with Crippen LogP contribution in [0.25, 0.3) is 0 Å². The fraction of sp³-hybridized carbons (Fsp3) is 0.947. The second kappa shape index (κ2) is 4.54. The highest BCUT2D eigenvalue weighted by Gasteiger charge is 2.67. The Kier molecular flexibility index (Phi) is 3.11. The molecular formula is C19H28F2O. The maximum atomic E-state index is 14.1. The van der Waals surface area contributed by atoms with Gasteiger partial charge >= 0.3 is 5.92 Å². The van der Waals surface area contributed by atoms with Crippen molar-refractivity contribution in [2.75, 3.05) is 0 Å². The molecule has 22 heavy (non-hydrogen) atoms. The van der Waals surface area contributed by atoms with Crippen LogP contribution in [0.15, 0.2) is 0 Å². The normalized spacial score (nSPS) is 53.5. The minimum absolute atomic E-state index is 0.0755. The van der Waals surface area contributed by atoms with Crippen LogP contribution in [0.2, 0.25) is 0 Å². The Bertz CT molecular complexity index is 502. The molecule has 0 aromatic rings. The minimum Gasteiger partial charge on any atom is -0.292 e. The van der Waals surface area contributed by atoms with Crippen LogP contribution in [0.4, 0.5) is 8.78 Å². The molecule has 1 nitrogen and oxygen atoms in total. The zero-order chi connectivity index (χ0) is 15.8. The number of hydrogen-bond acceptors (Lipinski definition) is 1. The molecule has 0 bridgehead atoms. The molecule has 4 rings (SSSR count). The first-order chi connectivity index (χ1) is 10.3. The molecule has 0 aromatic carbocycles. The van der Waals surface area contributed by atoms with Gasteiger partial charge in [-0.25, -0.2) is 0 Å². The summed E-state index contributed by atoms with van der Waals surface area (Å²) in [6, 6.07) is 0. The molecule has 4 aliphatic carbocycles. The Morgan fingerprint density at radius 2 is 1.73 bits per heavy atom. The van der Waals surface area contributed by atoms with Gasteiger partial charge in [-0.2, -0.15) is 8.78 Å². The highest BCUT2D eigenvalue weighted by molar-refractivity contribution is 5.93. The summed E-state index contributed by atoms with van der Waals surface area (Å²) in [5.74, 6) is -2.17. The molecule has 0 N–H and O–H groups in total. The van der Waals surface area contributed by atoms with Crippen molar-refractivity contribution >= 4 is 5.78 Å². The maximum absolute atomic E-state index is 14.1. The van der Waals surface area contributed by atoms with Crippen LogP contribution in [-0.2, 0) is 4.79 Å². The van der Waals surface area contributed by atoms with Crippen molar-refractivity contribution in [3.05, 3.63) is 0 Å². The third-order valence-electron chi connectivity index (χ3n) is 8.30. The Balaban J connectivity index is 1.68. The van der Waals surface area contributed by atoms with Crippen LogP contribution in [0.1, 0.15) is 71.6 Å². The number of rotatable bonds is 0. The predicted octanol–water partition coefficient (Wildman–Crippen LogP) is 5.23. The van der Waals surface area contributed by atoms with E-state index < -0.39 is 17.1 Å². The van der Waals surface area contributed by atoms with E-state index in [1.165, 1.54) is 32.1 Å². The zero-order valence-corrected chi connectivity index (χ0v) is 13.8. The highest BCUT2D eigenvalue weighted by atomic mass is 19.3. The smallest absolute Gasteiger partial charge is 0.292 e. The second-order valence-electron chi connectivity index (χ2n) is 9.10. The summed E-state index contributed by atoms with van der Waals surface area (Å²) < 4.78 is 28.2. The van der Waals surface area contributed by atoms with Crippen molar-refractivity contribution in [3.8, 4) is 0 Å². The van der Waals surface area contributed by atoms with Gasteiger partial charge in [0.25, 0.3) is 0 Å². The molecule has 4 aliphatic rings. The summed E-state index contributed by atoms with van der Waals surface area (Å²) >= 11 is 0. The van der Waals surface area contributed by atoms with E-state index in [4.69, 9.17) is 0 Å². The number of halogens is 2. The van der Waals surface area contributed by atoms with Gasteiger partial charge in [-0.15, -0.1) is 0 Å². The Morgan fingerprint density at radius 3 is 2.50 bits per heavy atom. The molecule has 0 saturated heterocycles. The molecule has 6 atom stereocenters. The summed E-state index contributed by atoms with van der Waals surface area (Å²) in [7, 11) is 0. The number of hydrogen-bond donors (Lipinski definition) is 0. The standard InChI is InChI=1S/C19H28F2O/c1-17-9-4-3-5-12(17)6-7-13-14(17)8-10-18(2)15(13)11-19(20,21)16(18)22/h12-15H,3-11H2,1-2H3/t12?,13-,14-,15+,17+,18+/m1/s1. The van der Waals surface area contributed by atoms with Crippen LogP contribution in [0.3, 0.4) is 0 Å². The van der Waals surface area contributed by atoms with E-state index in [1.807, 2.05) is 6.92 Å². The third kappa shape index (κ3) is 1.77. The SMILES string of the molecule is C[C@]12CCCCC1CC[C@@H]1[C@H]2CC[C@]2(C)C(=O)C(F)(F)C[C@@H]12. The van der Waals surface area contributed by atoms with E-state index in [9.17, 15) is 13.6 Å². The summed E-state index contributed by atoms with van der Waals surface area (Å²) in [5.41, 5.74) is -0.397. The van der Waals surface area contributed by atoms with Crippen molar-refractivity contribution in [1.82, 2.24) is 0 Å². The quantitative estimate of drug-likeness (QED) is 0.598. The monoisotopic (exact) mass is 310 g/mol. The van der Waals surface area contributed by atoms with Crippen molar-refractivity contribution in [2.45, 2.75) is 77.6 Å². The van der Waals surface area contributed by atoms with Crippen LogP contribution in [0.5, 0.6) is 0 Å². The number of carbonyl (C=O) groups is 1. The van der Waals surface area contributed by atoms with Crippen LogP contribution in [0, 0.1) is 34.5 Å². The number of fused-ring (bicyclic) bond motifs is 5. The van der Waals surface area contributed by atoms with Crippen molar-refractivity contribution in [2.24, 2.45) is 34.5 Å². The number of carbonyl (C=O) groups excluding carboxylic acids is 1.